The minimum atomic E-state index is -0.475. The lowest BCUT2D eigenvalue weighted by atomic mass is 9.97. The molecule has 1 N–H and O–H groups in total. The Labute approximate surface area is 142 Å². The molecule has 132 valence electrons. The van der Waals surface area contributed by atoms with E-state index in [1.54, 1.807) is 18.9 Å². The molecule has 0 saturated heterocycles. The van der Waals surface area contributed by atoms with Gasteiger partial charge in [0.25, 0.3) is 0 Å². The minimum absolute atomic E-state index is 0.0995. The highest BCUT2D eigenvalue weighted by atomic mass is 19.1. The van der Waals surface area contributed by atoms with Crippen LogP contribution in [0.4, 0.5) is 8.78 Å². The summed E-state index contributed by atoms with van der Waals surface area (Å²) < 4.78 is 27.1. The molecule has 1 atom stereocenters. The van der Waals surface area contributed by atoms with Gasteiger partial charge in [-0.2, -0.15) is 0 Å². The lowest BCUT2D eigenvalue weighted by Crippen LogP contribution is -2.37. The molecule has 0 aromatic heterocycles. The molecule has 1 unspecified atom stereocenters. The van der Waals surface area contributed by atoms with Crippen molar-refractivity contribution in [1.29, 1.82) is 0 Å². The van der Waals surface area contributed by atoms with E-state index < -0.39 is 11.6 Å². The SMILES string of the molecule is CC(c1cc(F)ccc1F)N(C)CC(=O)NCCC1=CCCCC1. The number of halogens is 2. The van der Waals surface area contributed by atoms with Gasteiger partial charge in [-0.3, -0.25) is 9.69 Å². The molecule has 1 aliphatic carbocycles. The fourth-order valence-corrected chi connectivity index (χ4v) is 2.99. The molecule has 1 aromatic rings. The number of carbonyl (C=O) groups is 1. The molecule has 0 fully saturated rings. The molecular weight excluding hydrogens is 310 g/mol. The summed E-state index contributed by atoms with van der Waals surface area (Å²) >= 11 is 0. The lowest BCUT2D eigenvalue weighted by Gasteiger charge is -2.25. The number of amides is 1. The molecule has 0 saturated carbocycles. The van der Waals surface area contributed by atoms with Crippen molar-refractivity contribution in [1.82, 2.24) is 10.2 Å². The van der Waals surface area contributed by atoms with Gasteiger partial charge in [-0.1, -0.05) is 11.6 Å². The number of hydrogen-bond acceptors (Lipinski definition) is 2. The molecule has 3 nitrogen and oxygen atoms in total. The maximum absolute atomic E-state index is 13.8. The van der Waals surface area contributed by atoms with Crippen LogP contribution < -0.4 is 5.32 Å². The van der Waals surface area contributed by atoms with Crippen LogP contribution in [-0.2, 0) is 4.79 Å². The number of nitrogens with one attached hydrogen (secondary N) is 1. The quantitative estimate of drug-likeness (QED) is 0.764. The van der Waals surface area contributed by atoms with E-state index >= 15 is 0 Å². The summed E-state index contributed by atoms with van der Waals surface area (Å²) in [5.74, 6) is -1.03. The van der Waals surface area contributed by atoms with Crippen molar-refractivity contribution in [3.63, 3.8) is 0 Å². The maximum Gasteiger partial charge on any atom is 0.234 e. The maximum atomic E-state index is 13.8. The highest BCUT2D eigenvalue weighted by Crippen LogP contribution is 2.22. The average Bonchev–Trinajstić information content (AvgIpc) is 2.57. The Kier molecular flexibility index (Phi) is 6.91. The van der Waals surface area contributed by atoms with Crippen LogP contribution in [0.2, 0.25) is 0 Å². The first kappa shape index (κ1) is 18.6. The monoisotopic (exact) mass is 336 g/mol. The second kappa shape index (κ2) is 8.92. The van der Waals surface area contributed by atoms with Crippen molar-refractivity contribution in [3.05, 3.63) is 47.0 Å². The highest BCUT2D eigenvalue weighted by Gasteiger charge is 2.18. The van der Waals surface area contributed by atoms with E-state index in [-0.39, 0.29) is 24.1 Å². The van der Waals surface area contributed by atoms with E-state index in [1.165, 1.54) is 24.5 Å². The number of nitrogens with zero attached hydrogens (tertiary/aromatic N) is 1. The average molecular weight is 336 g/mol. The zero-order valence-electron chi connectivity index (χ0n) is 14.4. The molecule has 0 spiro atoms. The normalized spacial score (nSPS) is 16.0. The van der Waals surface area contributed by atoms with Crippen molar-refractivity contribution in [3.8, 4) is 0 Å². The summed E-state index contributed by atoms with van der Waals surface area (Å²) in [6, 6.07) is 3.02. The molecule has 2 rings (SSSR count). The van der Waals surface area contributed by atoms with E-state index in [1.807, 2.05) is 0 Å². The summed E-state index contributed by atoms with van der Waals surface area (Å²) in [7, 11) is 1.73. The number of likely N-dealkylation sites (N-methyl/N-ethyl adjacent to an activating group) is 1. The zero-order chi connectivity index (χ0) is 17.5. The molecule has 1 amide bonds. The van der Waals surface area contributed by atoms with Crippen LogP contribution >= 0.6 is 0 Å². The number of carbonyl (C=O) groups excluding carboxylic acids is 1. The van der Waals surface area contributed by atoms with Gasteiger partial charge in [-0.05, 0) is 64.3 Å². The van der Waals surface area contributed by atoms with Crippen LogP contribution in [0.25, 0.3) is 0 Å². The summed E-state index contributed by atoms with van der Waals surface area (Å²) in [5, 5.41) is 2.90. The van der Waals surface area contributed by atoms with E-state index in [0.717, 1.165) is 31.4 Å². The zero-order valence-corrected chi connectivity index (χ0v) is 14.4. The Morgan fingerprint density at radius 1 is 1.33 bits per heavy atom. The number of allylic oxidation sites excluding steroid dienone is 1. The fourth-order valence-electron chi connectivity index (χ4n) is 2.99. The highest BCUT2D eigenvalue weighted by molar-refractivity contribution is 5.78. The summed E-state index contributed by atoms with van der Waals surface area (Å²) in [6.45, 7) is 2.54. The van der Waals surface area contributed by atoms with Crippen molar-refractivity contribution in [2.45, 2.75) is 45.1 Å². The van der Waals surface area contributed by atoms with E-state index in [2.05, 4.69) is 11.4 Å². The summed E-state index contributed by atoms with van der Waals surface area (Å²) in [6.07, 6.45) is 7.93. The Hall–Kier alpha value is -1.75. The van der Waals surface area contributed by atoms with Gasteiger partial charge in [0.05, 0.1) is 6.54 Å². The fraction of sp³-hybridized carbons (Fsp3) is 0.526. The summed E-state index contributed by atoms with van der Waals surface area (Å²) in [4.78, 5) is 13.8. The van der Waals surface area contributed by atoms with Crippen LogP contribution in [0, 0.1) is 11.6 Å². The Morgan fingerprint density at radius 2 is 2.12 bits per heavy atom. The standard InChI is InChI=1S/C19H26F2N2O/c1-14(17-12-16(20)8-9-18(17)21)23(2)13-19(24)22-11-10-15-6-4-3-5-7-15/h6,8-9,12,14H,3-5,7,10-11,13H2,1-2H3,(H,22,24). The Bertz CT molecular complexity index is 601. The first-order chi connectivity index (χ1) is 11.5. The predicted molar refractivity (Wildman–Crippen MR) is 91.6 cm³/mol. The van der Waals surface area contributed by atoms with Crippen molar-refractivity contribution >= 4 is 5.91 Å². The van der Waals surface area contributed by atoms with Crippen molar-refractivity contribution in [2.75, 3.05) is 20.1 Å². The summed E-state index contributed by atoms with van der Waals surface area (Å²) in [5.41, 5.74) is 1.68. The molecule has 0 heterocycles. The topological polar surface area (TPSA) is 32.3 Å². The van der Waals surface area contributed by atoms with Gasteiger partial charge in [-0.15, -0.1) is 0 Å². The minimum Gasteiger partial charge on any atom is -0.355 e. The number of benzene rings is 1. The van der Waals surface area contributed by atoms with Gasteiger partial charge in [-0.25, -0.2) is 8.78 Å². The molecule has 1 aromatic carbocycles. The second-order valence-corrected chi connectivity index (χ2v) is 6.47. The van der Waals surface area contributed by atoms with E-state index in [4.69, 9.17) is 0 Å². The number of rotatable bonds is 7. The second-order valence-electron chi connectivity index (χ2n) is 6.47. The van der Waals surface area contributed by atoms with Gasteiger partial charge < -0.3 is 5.32 Å². The number of hydrogen-bond donors (Lipinski definition) is 1. The molecule has 0 aliphatic heterocycles. The van der Waals surface area contributed by atoms with Gasteiger partial charge in [0.1, 0.15) is 11.6 Å². The first-order valence-electron chi connectivity index (χ1n) is 8.57. The molecule has 5 heteroatoms. The Morgan fingerprint density at radius 3 is 2.83 bits per heavy atom. The van der Waals surface area contributed by atoms with Gasteiger partial charge in [0.2, 0.25) is 5.91 Å². The first-order valence-corrected chi connectivity index (χ1v) is 8.57. The van der Waals surface area contributed by atoms with Crippen LogP contribution in [0.5, 0.6) is 0 Å². The smallest absolute Gasteiger partial charge is 0.234 e. The third kappa shape index (κ3) is 5.41. The van der Waals surface area contributed by atoms with Crippen LogP contribution in [0.1, 0.15) is 50.6 Å². The molecule has 24 heavy (non-hydrogen) atoms. The largest absolute Gasteiger partial charge is 0.355 e. The van der Waals surface area contributed by atoms with Gasteiger partial charge in [0, 0.05) is 18.2 Å². The van der Waals surface area contributed by atoms with Gasteiger partial charge >= 0.3 is 0 Å². The van der Waals surface area contributed by atoms with E-state index in [0.29, 0.717) is 6.54 Å². The molecule has 1 aliphatic rings. The molecular formula is C19H26F2N2O. The predicted octanol–water partition coefficient (Wildman–Crippen LogP) is 3.96. The van der Waals surface area contributed by atoms with E-state index in [9.17, 15) is 13.6 Å². The van der Waals surface area contributed by atoms with Gasteiger partial charge in [0.15, 0.2) is 0 Å². The van der Waals surface area contributed by atoms with Crippen LogP contribution in [-0.4, -0.2) is 30.9 Å². The van der Waals surface area contributed by atoms with Crippen LogP contribution in [0.3, 0.4) is 0 Å². The molecule has 0 radical (unpaired) electrons. The van der Waals surface area contributed by atoms with Crippen LogP contribution in [0.15, 0.2) is 29.8 Å². The Balaban J connectivity index is 1.80. The lowest BCUT2D eigenvalue weighted by molar-refractivity contribution is -0.122. The third-order valence-corrected chi connectivity index (χ3v) is 4.62. The molecule has 0 bridgehead atoms. The van der Waals surface area contributed by atoms with Crippen molar-refractivity contribution < 1.29 is 13.6 Å². The van der Waals surface area contributed by atoms with Crippen molar-refractivity contribution in [2.24, 2.45) is 0 Å². The third-order valence-electron chi connectivity index (χ3n) is 4.62.